The Morgan fingerprint density at radius 3 is 2.57 bits per heavy atom. The van der Waals surface area contributed by atoms with Crippen molar-refractivity contribution in [2.45, 2.75) is 32.2 Å². The predicted molar refractivity (Wildman–Crippen MR) is 85.6 cm³/mol. The minimum Gasteiger partial charge on any atom is -0.368 e. The van der Waals surface area contributed by atoms with Crippen molar-refractivity contribution >= 4 is 11.6 Å². The van der Waals surface area contributed by atoms with Gasteiger partial charge >= 0.3 is 0 Å². The smallest absolute Gasteiger partial charge is 0.239 e. The van der Waals surface area contributed by atoms with Gasteiger partial charge in [0.25, 0.3) is 0 Å². The van der Waals surface area contributed by atoms with Crippen molar-refractivity contribution in [3.63, 3.8) is 0 Å². The third-order valence-corrected chi connectivity index (χ3v) is 4.66. The molecule has 0 bridgehead atoms. The fraction of sp³-hybridized carbons (Fsp3) is 0.588. The van der Waals surface area contributed by atoms with Crippen LogP contribution >= 0.6 is 0 Å². The number of anilines is 1. The lowest BCUT2D eigenvalue weighted by Gasteiger charge is -2.38. The molecule has 0 unspecified atom stereocenters. The van der Waals surface area contributed by atoms with Crippen LogP contribution in [-0.2, 0) is 4.79 Å². The second-order valence-corrected chi connectivity index (χ2v) is 6.10. The van der Waals surface area contributed by atoms with E-state index in [-0.39, 0.29) is 6.04 Å². The highest BCUT2D eigenvalue weighted by atomic mass is 16.2. The molecule has 2 aliphatic heterocycles. The van der Waals surface area contributed by atoms with Gasteiger partial charge in [-0.2, -0.15) is 0 Å². The first-order chi connectivity index (χ1) is 10.3. The van der Waals surface area contributed by atoms with Crippen LogP contribution in [0.5, 0.6) is 0 Å². The summed E-state index contributed by atoms with van der Waals surface area (Å²) in [4.78, 5) is 16.9. The van der Waals surface area contributed by atoms with Crippen LogP contribution in [-0.4, -0.2) is 49.6 Å². The number of rotatable bonds is 2. The Morgan fingerprint density at radius 2 is 1.90 bits per heavy atom. The maximum atomic E-state index is 12.5. The number of carbonyl (C=O) groups excluding carboxylic acids is 1. The second kappa shape index (κ2) is 6.48. The number of aryl methyl sites for hydroxylation is 1. The van der Waals surface area contributed by atoms with Crippen LogP contribution in [0, 0.1) is 6.92 Å². The Kier molecular flexibility index (Phi) is 4.44. The number of piperazine rings is 1. The van der Waals surface area contributed by atoms with Crippen molar-refractivity contribution in [2.75, 3.05) is 37.6 Å². The Morgan fingerprint density at radius 1 is 1.14 bits per heavy atom. The molecule has 2 heterocycles. The summed E-state index contributed by atoms with van der Waals surface area (Å²) in [7, 11) is 0. The molecule has 21 heavy (non-hydrogen) atoms. The molecule has 3 rings (SSSR count). The van der Waals surface area contributed by atoms with Gasteiger partial charge in [-0.25, -0.2) is 0 Å². The number of benzene rings is 1. The van der Waals surface area contributed by atoms with E-state index >= 15 is 0 Å². The van der Waals surface area contributed by atoms with Gasteiger partial charge in [0.2, 0.25) is 5.91 Å². The van der Waals surface area contributed by atoms with Gasteiger partial charge in [-0.1, -0.05) is 24.6 Å². The van der Waals surface area contributed by atoms with Crippen LogP contribution in [0.3, 0.4) is 0 Å². The van der Waals surface area contributed by atoms with Crippen LogP contribution in [0.2, 0.25) is 0 Å². The minimum atomic E-state index is 0.0590. The largest absolute Gasteiger partial charge is 0.368 e. The third-order valence-electron chi connectivity index (χ3n) is 4.66. The molecule has 1 aromatic rings. The zero-order chi connectivity index (χ0) is 14.7. The molecule has 1 amide bonds. The zero-order valence-corrected chi connectivity index (χ0v) is 12.8. The van der Waals surface area contributed by atoms with Gasteiger partial charge in [0.15, 0.2) is 0 Å². The Bertz CT molecular complexity index is 489. The molecule has 1 aromatic carbocycles. The summed E-state index contributed by atoms with van der Waals surface area (Å²) in [6.07, 6.45) is 3.37. The van der Waals surface area contributed by atoms with Crippen molar-refractivity contribution in [1.29, 1.82) is 0 Å². The number of amides is 1. The molecule has 0 aromatic heterocycles. The molecule has 2 saturated heterocycles. The molecular weight excluding hydrogens is 262 g/mol. The predicted octanol–water partition coefficient (Wildman–Crippen LogP) is 1.79. The van der Waals surface area contributed by atoms with E-state index in [2.05, 4.69) is 41.4 Å². The van der Waals surface area contributed by atoms with E-state index in [1.807, 2.05) is 4.90 Å². The first-order valence-corrected chi connectivity index (χ1v) is 8.08. The molecule has 4 nitrogen and oxygen atoms in total. The molecule has 0 saturated carbocycles. The standard InChI is InChI=1S/C17H25N3O/c1-14-6-2-3-8-16(14)19-10-12-20(13-11-19)17(21)15-7-4-5-9-18-15/h2-3,6,8,15,18H,4-5,7,9-13H2,1H3/t15-/m0/s1. The summed E-state index contributed by atoms with van der Waals surface area (Å²) in [6.45, 7) is 6.68. The van der Waals surface area contributed by atoms with Gasteiger partial charge in [-0.15, -0.1) is 0 Å². The summed E-state index contributed by atoms with van der Waals surface area (Å²) in [6, 6.07) is 8.55. The number of hydrogen-bond acceptors (Lipinski definition) is 3. The van der Waals surface area contributed by atoms with Gasteiger partial charge in [0.1, 0.15) is 0 Å². The van der Waals surface area contributed by atoms with E-state index in [0.717, 1.165) is 39.1 Å². The van der Waals surface area contributed by atoms with E-state index in [1.165, 1.54) is 24.1 Å². The van der Waals surface area contributed by atoms with Gasteiger partial charge < -0.3 is 15.1 Å². The van der Waals surface area contributed by atoms with Crippen molar-refractivity contribution in [3.05, 3.63) is 29.8 Å². The van der Waals surface area contributed by atoms with Crippen molar-refractivity contribution in [2.24, 2.45) is 0 Å². The van der Waals surface area contributed by atoms with Gasteiger partial charge in [0.05, 0.1) is 6.04 Å². The normalized spacial score (nSPS) is 23.2. The summed E-state index contributed by atoms with van der Waals surface area (Å²) >= 11 is 0. The molecule has 0 aliphatic carbocycles. The number of piperidine rings is 1. The van der Waals surface area contributed by atoms with E-state index in [1.54, 1.807) is 0 Å². The quantitative estimate of drug-likeness (QED) is 0.901. The van der Waals surface area contributed by atoms with Crippen LogP contribution in [0.4, 0.5) is 5.69 Å². The lowest BCUT2D eigenvalue weighted by molar-refractivity contribution is -0.134. The average Bonchev–Trinajstić information content (AvgIpc) is 2.56. The molecule has 0 spiro atoms. The summed E-state index contributed by atoms with van der Waals surface area (Å²) in [5.41, 5.74) is 2.62. The number of nitrogens with one attached hydrogen (secondary N) is 1. The van der Waals surface area contributed by atoms with Crippen LogP contribution < -0.4 is 10.2 Å². The van der Waals surface area contributed by atoms with E-state index in [9.17, 15) is 4.79 Å². The summed E-state index contributed by atoms with van der Waals surface area (Å²) in [5.74, 6) is 0.305. The summed E-state index contributed by atoms with van der Waals surface area (Å²) in [5, 5.41) is 3.36. The van der Waals surface area contributed by atoms with Gasteiger partial charge in [-0.05, 0) is 37.9 Å². The molecular formula is C17H25N3O. The van der Waals surface area contributed by atoms with Crippen molar-refractivity contribution < 1.29 is 4.79 Å². The van der Waals surface area contributed by atoms with Gasteiger partial charge in [-0.3, -0.25) is 4.79 Å². The number of carbonyl (C=O) groups is 1. The summed E-state index contributed by atoms with van der Waals surface area (Å²) < 4.78 is 0. The van der Waals surface area contributed by atoms with Crippen LogP contribution in [0.1, 0.15) is 24.8 Å². The lowest BCUT2D eigenvalue weighted by atomic mass is 10.0. The maximum Gasteiger partial charge on any atom is 0.239 e. The molecule has 2 aliphatic rings. The van der Waals surface area contributed by atoms with Gasteiger partial charge in [0, 0.05) is 31.9 Å². The topological polar surface area (TPSA) is 35.6 Å². The third kappa shape index (κ3) is 3.21. The number of hydrogen-bond donors (Lipinski definition) is 1. The van der Waals surface area contributed by atoms with E-state index in [0.29, 0.717) is 5.91 Å². The SMILES string of the molecule is Cc1ccccc1N1CCN(C(=O)[C@@H]2CCCCN2)CC1. The van der Waals surface area contributed by atoms with E-state index in [4.69, 9.17) is 0 Å². The Labute approximate surface area is 127 Å². The van der Waals surface area contributed by atoms with Crippen LogP contribution in [0.25, 0.3) is 0 Å². The number of nitrogens with zero attached hydrogens (tertiary/aromatic N) is 2. The molecule has 1 N–H and O–H groups in total. The lowest BCUT2D eigenvalue weighted by Crippen LogP contribution is -2.55. The monoisotopic (exact) mass is 287 g/mol. The highest BCUT2D eigenvalue weighted by Crippen LogP contribution is 2.21. The molecule has 1 atom stereocenters. The second-order valence-electron chi connectivity index (χ2n) is 6.10. The minimum absolute atomic E-state index is 0.0590. The first-order valence-electron chi connectivity index (χ1n) is 8.08. The molecule has 0 radical (unpaired) electrons. The molecule has 2 fully saturated rings. The average molecular weight is 287 g/mol. The van der Waals surface area contributed by atoms with E-state index < -0.39 is 0 Å². The highest BCUT2D eigenvalue weighted by molar-refractivity contribution is 5.82. The van der Waals surface area contributed by atoms with Crippen LogP contribution in [0.15, 0.2) is 24.3 Å². The zero-order valence-electron chi connectivity index (χ0n) is 12.8. The number of para-hydroxylation sites is 1. The first kappa shape index (κ1) is 14.4. The van der Waals surface area contributed by atoms with Crippen molar-refractivity contribution in [1.82, 2.24) is 10.2 Å². The fourth-order valence-corrected chi connectivity index (χ4v) is 3.37. The fourth-order valence-electron chi connectivity index (χ4n) is 3.37. The Balaban J connectivity index is 1.57. The molecule has 114 valence electrons. The van der Waals surface area contributed by atoms with Crippen molar-refractivity contribution in [3.8, 4) is 0 Å². The maximum absolute atomic E-state index is 12.5. The highest BCUT2D eigenvalue weighted by Gasteiger charge is 2.28. The Hall–Kier alpha value is -1.55. The molecule has 4 heteroatoms.